The third kappa shape index (κ3) is 2.71. The first-order valence-corrected chi connectivity index (χ1v) is 7.16. The van der Waals surface area contributed by atoms with Gasteiger partial charge in [-0.1, -0.05) is 6.07 Å². The molecule has 3 nitrogen and oxygen atoms in total. The van der Waals surface area contributed by atoms with Gasteiger partial charge in [0.2, 0.25) is 0 Å². The summed E-state index contributed by atoms with van der Waals surface area (Å²) in [4.78, 5) is 4.50. The van der Waals surface area contributed by atoms with E-state index in [1.54, 1.807) is 0 Å². The lowest BCUT2D eigenvalue weighted by Crippen LogP contribution is -2.21. The van der Waals surface area contributed by atoms with Crippen LogP contribution < -0.4 is 10.6 Å². The first-order chi connectivity index (χ1) is 9.34. The minimum Gasteiger partial charge on any atom is -0.382 e. The van der Waals surface area contributed by atoms with Crippen LogP contribution in [0.3, 0.4) is 0 Å². The molecule has 0 saturated carbocycles. The van der Waals surface area contributed by atoms with Crippen molar-refractivity contribution in [2.75, 3.05) is 18.4 Å². The lowest BCUT2D eigenvalue weighted by molar-refractivity contribution is 0.638. The van der Waals surface area contributed by atoms with E-state index in [-0.39, 0.29) is 0 Å². The summed E-state index contributed by atoms with van der Waals surface area (Å²) in [5.41, 5.74) is 3.57. The van der Waals surface area contributed by atoms with Gasteiger partial charge < -0.3 is 10.6 Å². The highest BCUT2D eigenvalue weighted by molar-refractivity contribution is 5.93. The summed E-state index contributed by atoms with van der Waals surface area (Å²) in [5.74, 6) is 0. The maximum absolute atomic E-state index is 4.50. The molecular weight excluding hydrogens is 234 g/mol. The average molecular weight is 255 g/mol. The second kappa shape index (κ2) is 5.57. The zero-order valence-electron chi connectivity index (χ0n) is 11.4. The lowest BCUT2D eigenvalue weighted by atomic mass is 10.1. The SMILES string of the molecule is Cc1ccc(NC2CCCNCC2)c2cccnc12. The van der Waals surface area contributed by atoms with E-state index in [2.05, 4.69) is 40.7 Å². The van der Waals surface area contributed by atoms with Crippen molar-refractivity contribution in [3.8, 4) is 0 Å². The molecule has 2 N–H and O–H groups in total. The highest BCUT2D eigenvalue weighted by Gasteiger charge is 2.13. The highest BCUT2D eigenvalue weighted by Crippen LogP contribution is 2.26. The quantitative estimate of drug-likeness (QED) is 0.866. The van der Waals surface area contributed by atoms with Crippen LogP contribution in [0.1, 0.15) is 24.8 Å². The lowest BCUT2D eigenvalue weighted by Gasteiger charge is -2.19. The van der Waals surface area contributed by atoms with Gasteiger partial charge in [-0.2, -0.15) is 0 Å². The molecule has 19 heavy (non-hydrogen) atoms. The van der Waals surface area contributed by atoms with Gasteiger partial charge in [0.05, 0.1) is 5.52 Å². The van der Waals surface area contributed by atoms with Crippen LogP contribution in [0, 0.1) is 6.92 Å². The third-order valence-corrected chi connectivity index (χ3v) is 3.91. The number of hydrogen-bond acceptors (Lipinski definition) is 3. The Morgan fingerprint density at radius 2 is 2.16 bits per heavy atom. The van der Waals surface area contributed by atoms with Crippen molar-refractivity contribution in [3.63, 3.8) is 0 Å². The van der Waals surface area contributed by atoms with Crippen LogP contribution >= 0.6 is 0 Å². The number of pyridine rings is 1. The second-order valence-electron chi connectivity index (χ2n) is 5.35. The van der Waals surface area contributed by atoms with Crippen LogP contribution in [-0.4, -0.2) is 24.1 Å². The minimum atomic E-state index is 0.570. The number of anilines is 1. The molecule has 1 saturated heterocycles. The number of rotatable bonds is 2. The molecule has 0 aliphatic carbocycles. The Labute approximate surface area is 114 Å². The number of benzene rings is 1. The minimum absolute atomic E-state index is 0.570. The number of aromatic nitrogens is 1. The molecule has 3 rings (SSSR count). The van der Waals surface area contributed by atoms with Crippen molar-refractivity contribution in [3.05, 3.63) is 36.0 Å². The Morgan fingerprint density at radius 3 is 3.11 bits per heavy atom. The van der Waals surface area contributed by atoms with Crippen molar-refractivity contribution in [1.29, 1.82) is 0 Å². The van der Waals surface area contributed by atoms with Gasteiger partial charge in [-0.25, -0.2) is 0 Å². The molecule has 0 radical (unpaired) electrons. The molecule has 1 unspecified atom stereocenters. The van der Waals surface area contributed by atoms with Gasteiger partial charge in [0.25, 0.3) is 0 Å². The van der Waals surface area contributed by atoms with Crippen molar-refractivity contribution < 1.29 is 0 Å². The van der Waals surface area contributed by atoms with E-state index in [9.17, 15) is 0 Å². The van der Waals surface area contributed by atoms with Crippen molar-refractivity contribution in [2.24, 2.45) is 0 Å². The molecule has 0 bridgehead atoms. The van der Waals surface area contributed by atoms with Gasteiger partial charge >= 0.3 is 0 Å². The van der Waals surface area contributed by atoms with E-state index in [1.807, 2.05) is 12.3 Å². The van der Waals surface area contributed by atoms with E-state index in [1.165, 1.54) is 35.9 Å². The van der Waals surface area contributed by atoms with Gasteiger partial charge in [0.1, 0.15) is 0 Å². The predicted octanol–water partition coefficient (Wildman–Crippen LogP) is 3.10. The van der Waals surface area contributed by atoms with Crippen LogP contribution in [0.15, 0.2) is 30.5 Å². The van der Waals surface area contributed by atoms with E-state index < -0.39 is 0 Å². The van der Waals surface area contributed by atoms with Gasteiger partial charge in [0, 0.05) is 23.3 Å². The van der Waals surface area contributed by atoms with Crippen LogP contribution in [0.4, 0.5) is 5.69 Å². The van der Waals surface area contributed by atoms with Crippen LogP contribution in [-0.2, 0) is 0 Å². The summed E-state index contributed by atoms with van der Waals surface area (Å²) < 4.78 is 0. The van der Waals surface area contributed by atoms with Gasteiger partial charge in [-0.3, -0.25) is 4.98 Å². The molecule has 2 aromatic rings. The molecular formula is C16H21N3. The number of hydrogen-bond donors (Lipinski definition) is 2. The molecule has 1 aromatic carbocycles. The number of fused-ring (bicyclic) bond motifs is 1. The summed E-state index contributed by atoms with van der Waals surface area (Å²) >= 11 is 0. The maximum atomic E-state index is 4.50. The van der Waals surface area contributed by atoms with Crippen LogP contribution in [0.25, 0.3) is 10.9 Å². The molecule has 2 heterocycles. The molecule has 1 fully saturated rings. The largest absolute Gasteiger partial charge is 0.382 e. The fraction of sp³-hybridized carbons (Fsp3) is 0.438. The maximum Gasteiger partial charge on any atom is 0.0751 e. The standard InChI is InChI=1S/C16H21N3/c1-12-6-7-15(14-5-3-10-18-16(12)14)19-13-4-2-9-17-11-8-13/h3,5-7,10,13,17,19H,2,4,8-9,11H2,1H3. The number of nitrogens with one attached hydrogen (secondary N) is 2. The summed E-state index contributed by atoms with van der Waals surface area (Å²) in [6.07, 6.45) is 5.55. The fourth-order valence-corrected chi connectivity index (χ4v) is 2.82. The van der Waals surface area contributed by atoms with Gasteiger partial charge in [-0.15, -0.1) is 0 Å². The van der Waals surface area contributed by atoms with E-state index in [4.69, 9.17) is 0 Å². The Balaban J connectivity index is 1.90. The van der Waals surface area contributed by atoms with Crippen molar-refractivity contribution in [1.82, 2.24) is 10.3 Å². The third-order valence-electron chi connectivity index (χ3n) is 3.91. The smallest absolute Gasteiger partial charge is 0.0751 e. The van der Waals surface area contributed by atoms with E-state index >= 15 is 0 Å². The Bertz CT molecular complexity index is 557. The summed E-state index contributed by atoms with van der Waals surface area (Å²) in [6.45, 7) is 4.38. The summed E-state index contributed by atoms with van der Waals surface area (Å²) in [7, 11) is 0. The average Bonchev–Trinajstić information content (AvgIpc) is 2.71. The first kappa shape index (κ1) is 12.4. The molecule has 1 atom stereocenters. The molecule has 0 amide bonds. The fourth-order valence-electron chi connectivity index (χ4n) is 2.82. The summed E-state index contributed by atoms with van der Waals surface area (Å²) in [5, 5.41) is 8.40. The van der Waals surface area contributed by atoms with Crippen LogP contribution in [0.5, 0.6) is 0 Å². The van der Waals surface area contributed by atoms with Gasteiger partial charge in [0.15, 0.2) is 0 Å². The summed E-state index contributed by atoms with van der Waals surface area (Å²) in [6, 6.07) is 9.10. The van der Waals surface area contributed by atoms with Crippen molar-refractivity contribution >= 4 is 16.6 Å². The van der Waals surface area contributed by atoms with E-state index in [0.29, 0.717) is 6.04 Å². The topological polar surface area (TPSA) is 37.0 Å². The number of aryl methyl sites for hydroxylation is 1. The zero-order chi connectivity index (χ0) is 13.1. The molecule has 1 aromatic heterocycles. The van der Waals surface area contributed by atoms with Gasteiger partial charge in [-0.05, 0) is 63.0 Å². The Morgan fingerprint density at radius 1 is 1.21 bits per heavy atom. The number of nitrogens with zero attached hydrogens (tertiary/aromatic N) is 1. The second-order valence-corrected chi connectivity index (χ2v) is 5.35. The normalized spacial score (nSPS) is 20.2. The van der Waals surface area contributed by atoms with E-state index in [0.717, 1.165) is 18.6 Å². The van der Waals surface area contributed by atoms with Crippen LogP contribution in [0.2, 0.25) is 0 Å². The molecule has 0 spiro atoms. The Kier molecular flexibility index (Phi) is 3.65. The molecule has 1 aliphatic heterocycles. The highest BCUT2D eigenvalue weighted by atomic mass is 14.9. The first-order valence-electron chi connectivity index (χ1n) is 7.16. The van der Waals surface area contributed by atoms with Crippen molar-refractivity contribution in [2.45, 2.75) is 32.2 Å². The molecule has 3 heteroatoms. The molecule has 1 aliphatic rings. The zero-order valence-corrected chi connectivity index (χ0v) is 11.4. The Hall–Kier alpha value is -1.61. The predicted molar refractivity (Wildman–Crippen MR) is 80.6 cm³/mol. The monoisotopic (exact) mass is 255 g/mol. The molecule has 100 valence electrons.